The van der Waals surface area contributed by atoms with Crippen LogP contribution >= 0.6 is 23.1 Å². The Labute approximate surface area is 213 Å². The van der Waals surface area contributed by atoms with E-state index in [1.54, 1.807) is 6.08 Å². The molecular weight excluding hydrogens is 510 g/mol. The van der Waals surface area contributed by atoms with Gasteiger partial charge in [-0.05, 0) is 31.0 Å². The van der Waals surface area contributed by atoms with Gasteiger partial charge in [0.15, 0.2) is 10.8 Å². The third-order valence-electron chi connectivity index (χ3n) is 6.55. The van der Waals surface area contributed by atoms with E-state index in [1.807, 2.05) is 4.90 Å². The number of β-lactam (4-membered cyclic amide) rings is 1. The van der Waals surface area contributed by atoms with Crippen molar-refractivity contribution in [1.82, 2.24) is 25.4 Å². The van der Waals surface area contributed by atoms with Gasteiger partial charge in [0.05, 0.1) is 0 Å². The highest BCUT2D eigenvalue weighted by Crippen LogP contribution is 2.41. The van der Waals surface area contributed by atoms with Crippen LogP contribution in [0.25, 0.3) is 0 Å². The number of carbonyl (C=O) groups is 4. The number of rotatable bonds is 6. The highest BCUT2D eigenvalue weighted by molar-refractivity contribution is 8.00. The molecule has 36 heavy (non-hydrogen) atoms. The van der Waals surface area contributed by atoms with E-state index in [4.69, 9.17) is 5.73 Å². The molecule has 3 amide bonds. The molecule has 4 aliphatic rings. The highest BCUT2D eigenvalue weighted by Gasteiger charge is 2.54. The zero-order valence-corrected chi connectivity index (χ0v) is 20.5. The molecule has 6 N–H and O–H groups in total. The Morgan fingerprint density at radius 3 is 2.81 bits per heavy atom. The SMILES string of the molecule is Nc1nc(/C(=N/O)C(=O)N[C@@H]2C(=O)N3C(C(=O)O)=C(/C=C4\CCN([C@@H]5CCNC5)C4=O)CS[C@H]23)cs1. The number of allylic oxidation sites excluding steroid dienone is 1. The summed E-state index contributed by atoms with van der Waals surface area (Å²) in [6, 6.07) is -0.881. The van der Waals surface area contributed by atoms with Crippen molar-refractivity contribution >= 4 is 57.6 Å². The molecule has 1 aromatic rings. The van der Waals surface area contributed by atoms with Gasteiger partial charge >= 0.3 is 5.97 Å². The van der Waals surface area contributed by atoms with Crippen LogP contribution in [-0.4, -0.2) is 97.3 Å². The third kappa shape index (κ3) is 4.12. The number of carboxylic acid groups (broad SMARTS) is 1. The van der Waals surface area contributed by atoms with Gasteiger partial charge in [-0.25, -0.2) is 9.78 Å². The number of thiazole rings is 1. The zero-order valence-electron chi connectivity index (χ0n) is 18.8. The smallest absolute Gasteiger partial charge is 0.352 e. The Balaban J connectivity index is 1.33. The number of nitrogens with one attached hydrogen (secondary N) is 2. The van der Waals surface area contributed by atoms with Crippen molar-refractivity contribution < 1.29 is 29.5 Å². The number of oxime groups is 1. The molecule has 15 heteroatoms. The van der Waals surface area contributed by atoms with Gasteiger partial charge in [0.1, 0.15) is 22.8 Å². The molecule has 0 aliphatic carbocycles. The summed E-state index contributed by atoms with van der Waals surface area (Å²) in [6.45, 7) is 2.18. The number of nitrogens with two attached hydrogens (primary N) is 1. The number of carboxylic acids is 1. The van der Waals surface area contributed by atoms with Gasteiger partial charge in [-0.1, -0.05) is 5.16 Å². The van der Waals surface area contributed by atoms with Gasteiger partial charge in [-0.2, -0.15) is 0 Å². The molecule has 5 heterocycles. The van der Waals surface area contributed by atoms with Crippen LogP contribution in [0.2, 0.25) is 0 Å². The first-order valence-electron chi connectivity index (χ1n) is 11.2. The van der Waals surface area contributed by atoms with Crippen molar-refractivity contribution in [2.24, 2.45) is 5.16 Å². The molecule has 190 valence electrons. The van der Waals surface area contributed by atoms with Gasteiger partial charge in [0.2, 0.25) is 5.91 Å². The molecule has 3 saturated heterocycles. The summed E-state index contributed by atoms with van der Waals surface area (Å²) in [5.74, 6) is -2.60. The van der Waals surface area contributed by atoms with E-state index in [0.717, 1.165) is 35.7 Å². The maximum atomic E-state index is 12.9. The van der Waals surface area contributed by atoms with Gasteiger partial charge in [0.25, 0.3) is 11.8 Å². The van der Waals surface area contributed by atoms with Crippen LogP contribution in [-0.2, 0) is 19.2 Å². The van der Waals surface area contributed by atoms with Crippen LogP contribution in [0.3, 0.4) is 0 Å². The number of nitrogen functional groups attached to an aromatic ring is 1. The molecular formula is C21H23N7O6S2. The first-order valence-corrected chi connectivity index (χ1v) is 13.1. The molecule has 4 aliphatic heterocycles. The number of carbonyl (C=O) groups excluding carboxylic acids is 3. The maximum Gasteiger partial charge on any atom is 0.352 e. The topological polar surface area (TPSA) is 191 Å². The molecule has 0 bridgehead atoms. The van der Waals surface area contributed by atoms with Crippen LogP contribution in [0.15, 0.2) is 33.5 Å². The minimum absolute atomic E-state index is 0.0566. The van der Waals surface area contributed by atoms with E-state index in [9.17, 15) is 29.5 Å². The monoisotopic (exact) mass is 533 g/mol. The van der Waals surface area contributed by atoms with Crippen molar-refractivity contribution in [1.29, 1.82) is 0 Å². The lowest BCUT2D eigenvalue weighted by Gasteiger charge is -2.49. The lowest BCUT2D eigenvalue weighted by Crippen LogP contribution is -2.71. The summed E-state index contributed by atoms with van der Waals surface area (Å²) in [4.78, 5) is 57.5. The third-order valence-corrected chi connectivity index (χ3v) is 8.52. The molecule has 0 aromatic carbocycles. The number of amides is 3. The van der Waals surface area contributed by atoms with E-state index < -0.39 is 34.9 Å². The van der Waals surface area contributed by atoms with Gasteiger partial charge in [0, 0.05) is 35.8 Å². The van der Waals surface area contributed by atoms with Crippen molar-refractivity contribution in [3.8, 4) is 0 Å². The first-order chi connectivity index (χ1) is 17.3. The standard InChI is InChI=1S/C21H23N7O6S2/c22-21-24-12(8-36-21)13(26-34)16(29)25-14-18(31)28-15(20(32)33)10(7-35-19(14)28)5-9-2-4-27(17(9)30)11-1-3-23-6-11/h5,8,11,14,19,23,34H,1-4,6-7H2,(H2,22,24)(H,25,29)(H,32,33)/b9-5+,26-13-/t11-,14-,19-/m1/s1. The predicted molar refractivity (Wildman–Crippen MR) is 130 cm³/mol. The number of hydrogen-bond acceptors (Lipinski definition) is 11. The van der Waals surface area contributed by atoms with E-state index in [0.29, 0.717) is 24.1 Å². The van der Waals surface area contributed by atoms with Gasteiger partial charge in [-0.3, -0.25) is 19.3 Å². The fourth-order valence-corrected chi connectivity index (χ4v) is 6.66. The Morgan fingerprint density at radius 2 is 2.17 bits per heavy atom. The summed E-state index contributed by atoms with van der Waals surface area (Å²) in [7, 11) is 0. The van der Waals surface area contributed by atoms with Crippen LogP contribution in [0.1, 0.15) is 18.5 Å². The molecule has 13 nitrogen and oxygen atoms in total. The number of thioether (sulfide) groups is 1. The Bertz CT molecular complexity index is 1230. The second-order valence-electron chi connectivity index (χ2n) is 8.62. The Morgan fingerprint density at radius 1 is 1.36 bits per heavy atom. The number of aliphatic carboxylic acids is 1. The van der Waals surface area contributed by atoms with Crippen molar-refractivity contribution in [3.05, 3.63) is 34.0 Å². The Hall–Kier alpha value is -3.43. The van der Waals surface area contributed by atoms with Crippen LogP contribution in [0.5, 0.6) is 0 Å². The number of anilines is 1. The fraction of sp³-hybridized carbons (Fsp3) is 0.429. The first kappa shape index (κ1) is 24.3. The van der Waals surface area contributed by atoms with Gasteiger partial charge < -0.3 is 31.6 Å². The normalized spacial score (nSPS) is 27.5. The van der Waals surface area contributed by atoms with E-state index in [-0.39, 0.29) is 34.2 Å². The number of likely N-dealkylation sites (tertiary alicyclic amines) is 1. The summed E-state index contributed by atoms with van der Waals surface area (Å²) < 4.78 is 0. The molecule has 3 fully saturated rings. The second-order valence-corrected chi connectivity index (χ2v) is 10.6. The summed E-state index contributed by atoms with van der Waals surface area (Å²) >= 11 is 2.33. The molecule has 0 saturated carbocycles. The fourth-order valence-electron chi connectivity index (χ4n) is 4.80. The lowest BCUT2D eigenvalue weighted by molar-refractivity contribution is -0.150. The summed E-state index contributed by atoms with van der Waals surface area (Å²) in [5, 5.41) is 28.9. The van der Waals surface area contributed by atoms with Crippen LogP contribution in [0, 0.1) is 0 Å². The molecule has 3 atom stereocenters. The Kier molecular flexibility index (Phi) is 6.44. The molecule has 0 unspecified atom stereocenters. The van der Waals surface area contributed by atoms with E-state index in [1.165, 1.54) is 17.1 Å². The van der Waals surface area contributed by atoms with Gasteiger partial charge in [-0.15, -0.1) is 23.1 Å². The summed E-state index contributed by atoms with van der Waals surface area (Å²) in [5.41, 5.74) is 5.93. The quantitative estimate of drug-likeness (QED) is 0.101. The zero-order chi connectivity index (χ0) is 25.6. The molecule has 5 rings (SSSR count). The van der Waals surface area contributed by atoms with Crippen molar-refractivity contribution in [3.63, 3.8) is 0 Å². The number of nitrogens with zero attached hydrogens (tertiary/aromatic N) is 4. The average molecular weight is 534 g/mol. The van der Waals surface area contributed by atoms with Crippen molar-refractivity contribution in [2.45, 2.75) is 30.3 Å². The van der Waals surface area contributed by atoms with Crippen LogP contribution < -0.4 is 16.4 Å². The molecule has 0 radical (unpaired) electrons. The van der Waals surface area contributed by atoms with E-state index in [2.05, 4.69) is 20.8 Å². The highest BCUT2D eigenvalue weighted by atomic mass is 32.2. The second kappa shape index (κ2) is 9.55. The van der Waals surface area contributed by atoms with E-state index >= 15 is 0 Å². The largest absolute Gasteiger partial charge is 0.477 e. The molecule has 0 spiro atoms. The maximum absolute atomic E-state index is 12.9. The molecule has 1 aromatic heterocycles. The predicted octanol–water partition coefficient (Wildman–Crippen LogP) is -0.837. The van der Waals surface area contributed by atoms with Crippen LogP contribution in [0.4, 0.5) is 5.13 Å². The number of aromatic nitrogens is 1. The number of fused-ring (bicyclic) bond motifs is 1. The summed E-state index contributed by atoms with van der Waals surface area (Å²) in [6.07, 6.45) is 2.99. The average Bonchev–Trinajstić information content (AvgIpc) is 3.60. The minimum Gasteiger partial charge on any atom is -0.477 e. The minimum atomic E-state index is -1.29. The van der Waals surface area contributed by atoms with Crippen molar-refractivity contribution in [2.75, 3.05) is 31.1 Å². The number of hydrogen-bond donors (Lipinski definition) is 5. The lowest BCUT2D eigenvalue weighted by atomic mass is 10.0.